The van der Waals surface area contributed by atoms with Crippen LogP contribution in [0.1, 0.15) is 12.8 Å². The number of rotatable bonds is 37. The highest BCUT2D eigenvalue weighted by molar-refractivity contribution is 7.46. The van der Waals surface area contributed by atoms with Crippen LogP contribution in [-0.4, -0.2) is 559 Å². The largest absolute Gasteiger partial charge is 0.477 e. The molecule has 9 aliphatic rings. The van der Waals surface area contributed by atoms with Gasteiger partial charge in [-0.3, -0.25) is 9.05 Å². The minimum absolute atomic E-state index is 1.26. The third-order valence-corrected chi connectivity index (χ3v) is 22.8. The van der Waals surface area contributed by atoms with Gasteiger partial charge in [-0.15, -0.1) is 0 Å². The Morgan fingerprint density at radius 1 is 0.347 bits per heavy atom. The first-order chi connectivity index (χ1) is 57.9. The Labute approximate surface area is 694 Å². The SMILES string of the molecule is O=C(O)[C@@]1(O[C@@H]2C[C@](O)(C(=O)O)O[C@H]([C@H](O)CO)[C@@H]2O[C@H]2O[C@H]([C@@H](O)CO)[C@@H](O[C@@H]3O[C@H](CO[C@H]4O[C@H]([C@H](CO)O[C@@H]5O[C@H](CO)[C@H](O)[C@H](OP(=O)(O)O)[C@H]5O)[C@@H](O[C@@H]5O[C@H](CO)[C@H](O)[C@H](OP(=O)(O)O)[C@H]5O)[C@H](O)[C@@H]4O)[C@@H](O)[C@H](O)[C@H]3O)[C@H](O[C@H]3O[C@H]([C@@H](O)CO)[C@@H](O)[C@H](O)[C@@H]3O[C@H]3O[C@H]([C@@H](O)CO)[C@@H](O)[C@H](O)[C@@H]3O)[C@@H]2O)C[C@@H](O)[C@@H](O)[C@@H]([C@H](O)CO)O1. The van der Waals surface area contributed by atoms with Crippen LogP contribution in [0.3, 0.4) is 0 Å². The average Bonchev–Trinajstić information content (AvgIpc) is 0.741. The number of carbonyl (C=O) groups is 2. The van der Waals surface area contributed by atoms with Gasteiger partial charge in [0.2, 0.25) is 0 Å². The molecule has 62 heteroatoms. The van der Waals surface area contributed by atoms with Crippen LogP contribution >= 0.6 is 15.6 Å². The highest BCUT2D eigenvalue weighted by Crippen LogP contribution is 2.47. The zero-order chi connectivity index (χ0) is 92.5. The molecule has 124 heavy (non-hydrogen) atoms. The molecule has 49 atom stereocenters. The number of aliphatic hydroxyl groups is 31. The van der Waals surface area contributed by atoms with E-state index in [1.54, 1.807) is 0 Å². The summed E-state index contributed by atoms with van der Waals surface area (Å²) in [5.74, 6) is -12.1. The Morgan fingerprint density at radius 2 is 0.742 bits per heavy atom. The van der Waals surface area contributed by atoms with Crippen molar-refractivity contribution in [1.29, 1.82) is 0 Å². The number of carboxylic acid groups (broad SMARTS) is 2. The fraction of sp³-hybridized carbons (Fsp3) is 0.968. The summed E-state index contributed by atoms with van der Waals surface area (Å²) in [5, 5.41) is 366. The van der Waals surface area contributed by atoms with Gasteiger partial charge in [0.25, 0.3) is 11.6 Å². The van der Waals surface area contributed by atoms with Gasteiger partial charge in [-0.2, -0.15) is 0 Å². The normalized spacial score (nSPS) is 47.4. The summed E-state index contributed by atoms with van der Waals surface area (Å²) < 4.78 is 131. The maximum Gasteiger partial charge on any atom is 0.470 e. The molecule has 0 bridgehead atoms. The third kappa shape index (κ3) is 23.0. The van der Waals surface area contributed by atoms with Gasteiger partial charge in [0, 0.05) is 12.8 Å². The summed E-state index contributed by atoms with van der Waals surface area (Å²) in [6, 6.07) is 0. The van der Waals surface area contributed by atoms with E-state index < -0.39 is 400 Å². The Bertz CT molecular complexity index is 3440. The lowest BCUT2D eigenvalue weighted by molar-refractivity contribution is -0.420. The van der Waals surface area contributed by atoms with E-state index in [4.69, 9.17) is 80.5 Å². The topological polar surface area (TPSA) is 992 Å². The molecule has 0 aromatic heterocycles. The zero-order valence-electron chi connectivity index (χ0n) is 63.7. The lowest BCUT2D eigenvalue weighted by atomic mass is 9.89. The number of carboxylic acids is 2. The van der Waals surface area contributed by atoms with E-state index >= 15 is 0 Å². The number of aliphatic carboxylic acids is 2. The van der Waals surface area contributed by atoms with Gasteiger partial charge in [0.1, 0.15) is 232 Å². The van der Waals surface area contributed by atoms with Crippen molar-refractivity contribution >= 4 is 27.6 Å². The van der Waals surface area contributed by atoms with Gasteiger partial charge in [0.15, 0.2) is 44.0 Å². The minimum Gasteiger partial charge on any atom is -0.477 e. The Hall–Kier alpha value is -2.76. The van der Waals surface area contributed by atoms with Crippen LogP contribution in [0.25, 0.3) is 0 Å². The van der Waals surface area contributed by atoms with Crippen molar-refractivity contribution in [1.82, 2.24) is 0 Å². The molecular weight excluding hydrogens is 1770 g/mol. The molecule has 0 radical (unpaired) electrons. The maximum absolute atomic E-state index is 13.5. The van der Waals surface area contributed by atoms with Crippen molar-refractivity contribution in [3.63, 3.8) is 0 Å². The zero-order valence-corrected chi connectivity index (χ0v) is 65.5. The van der Waals surface area contributed by atoms with Crippen LogP contribution in [0, 0.1) is 0 Å². The molecular formula is C62H106O60P2. The van der Waals surface area contributed by atoms with E-state index in [-0.39, 0.29) is 0 Å². The number of ether oxygens (including phenoxy) is 17. The van der Waals surface area contributed by atoms with Crippen LogP contribution in [0.15, 0.2) is 0 Å². The second kappa shape index (κ2) is 43.5. The van der Waals surface area contributed by atoms with Gasteiger partial charge in [-0.25, -0.2) is 18.7 Å². The summed E-state index contributed by atoms with van der Waals surface area (Å²) in [7, 11) is -11.5. The minimum atomic E-state index is -5.74. The van der Waals surface area contributed by atoms with Crippen LogP contribution in [0.5, 0.6) is 0 Å². The standard InChI is InChI=1S/C62H106O60P2/c63-3-13(72)39-29(83)28(82)34(88)54(109-39)116-50-31(85)30(84)40(14(73)4-64)110-58(50)115-49-38(92)57(113-44-18(2-61(97,59(93)94)119-43(44)17(76)7-67)118-62(60(95)96)1-12(71)23(77)41(120-62)15(74)5-65)111-42(16(75)6-66)51(49)117-53-33(87)27(81)24(78)22(108-53)11-104-52-35(89)32(86)48(114-56-37(91)47(122-124(101,102)103)26(80)20(9-69)106-56)45(112-52)21(10-70)107-55-36(90)46(121-123(98,99)100)25(79)19(8-68)105-55/h12-58,63-92,97H,1-11H2,(H,93,94)(H,95,96)(H2,98,99,100)(H2,101,102,103)/t12-,13+,14+,15-,16+,17-,18-,19-,20-,21+,22-,23-,24-,25+,26+,27+,28+,29+,30+,31+,32-,33-,34+,35+,36-,37-,38+,39-,40-,41-,42-,43-,44-,45-,46+,47+,48+,49-,50+,51-,52+,53+,54-,55+,56+,57-,58-,61-,62-/m1/s1. The molecule has 724 valence electrons. The lowest BCUT2D eigenvalue weighted by Crippen LogP contribution is -2.71. The van der Waals surface area contributed by atoms with Gasteiger partial charge in [-0.1, -0.05) is 0 Å². The van der Waals surface area contributed by atoms with Gasteiger partial charge in [0.05, 0.1) is 71.7 Å². The van der Waals surface area contributed by atoms with Crippen LogP contribution in [0.2, 0.25) is 0 Å². The molecule has 9 fully saturated rings. The second-order valence-corrected chi connectivity index (χ2v) is 32.6. The van der Waals surface area contributed by atoms with Crippen molar-refractivity contribution in [2.75, 3.05) is 59.5 Å². The van der Waals surface area contributed by atoms with E-state index in [1.165, 1.54) is 0 Å². The monoisotopic (exact) mass is 1870 g/mol. The predicted octanol–water partition coefficient (Wildman–Crippen LogP) is -23.3. The first kappa shape index (κ1) is 105. The number of hydrogen-bond acceptors (Lipinski definition) is 54. The molecule has 9 rings (SSSR count). The Morgan fingerprint density at radius 3 is 1.26 bits per heavy atom. The highest BCUT2D eigenvalue weighted by Gasteiger charge is 2.66. The lowest BCUT2D eigenvalue weighted by Gasteiger charge is -2.53. The number of phosphoric ester groups is 2. The molecule has 9 aliphatic heterocycles. The quantitative estimate of drug-likeness (QED) is 0.0257. The Balaban J connectivity index is 1.12. The molecule has 0 spiro atoms. The van der Waals surface area contributed by atoms with E-state index in [2.05, 4.69) is 9.05 Å². The molecule has 0 aromatic carbocycles. The summed E-state index contributed by atoms with van der Waals surface area (Å²) in [4.78, 5) is 65.1. The summed E-state index contributed by atoms with van der Waals surface area (Å²) >= 11 is 0. The van der Waals surface area contributed by atoms with Gasteiger partial charge >= 0.3 is 27.6 Å². The molecule has 0 amide bonds. The molecule has 60 nitrogen and oxygen atoms in total. The number of phosphoric acid groups is 2. The van der Waals surface area contributed by atoms with Crippen molar-refractivity contribution in [2.24, 2.45) is 0 Å². The fourth-order valence-corrected chi connectivity index (χ4v) is 16.3. The molecule has 9 heterocycles. The summed E-state index contributed by atoms with van der Waals surface area (Å²) in [5.41, 5.74) is 0. The third-order valence-electron chi connectivity index (χ3n) is 21.8. The first-order valence-electron chi connectivity index (χ1n) is 37.6. The van der Waals surface area contributed by atoms with Crippen molar-refractivity contribution < 1.29 is 296 Å². The summed E-state index contributed by atoms with van der Waals surface area (Å²) in [6.07, 6.45) is -123. The molecule has 0 saturated carbocycles. The van der Waals surface area contributed by atoms with E-state index in [0.29, 0.717) is 0 Å². The van der Waals surface area contributed by atoms with Crippen molar-refractivity contribution in [2.45, 2.75) is 313 Å². The molecule has 0 aliphatic carbocycles. The van der Waals surface area contributed by atoms with E-state index in [9.17, 15) is 207 Å². The Kier molecular flexibility index (Phi) is 36.8. The van der Waals surface area contributed by atoms with Crippen LogP contribution in [0.4, 0.5) is 0 Å². The van der Waals surface area contributed by atoms with Crippen LogP contribution < -0.4 is 0 Å². The van der Waals surface area contributed by atoms with E-state index in [1.807, 2.05) is 0 Å². The smallest absolute Gasteiger partial charge is 0.470 e. The second-order valence-electron chi connectivity index (χ2n) is 30.2. The highest BCUT2D eigenvalue weighted by atomic mass is 31.2. The first-order valence-corrected chi connectivity index (χ1v) is 40.7. The number of hydrogen-bond donors (Lipinski definition) is 37. The molecule has 0 unspecified atom stereocenters. The summed E-state index contributed by atoms with van der Waals surface area (Å²) in [6.45, 7) is -12.8. The van der Waals surface area contributed by atoms with Crippen LogP contribution in [-0.2, 0) is 108 Å². The van der Waals surface area contributed by atoms with Crippen molar-refractivity contribution in [3.05, 3.63) is 0 Å². The molecule has 0 aromatic rings. The predicted molar refractivity (Wildman–Crippen MR) is 365 cm³/mol. The average molecular weight is 1870 g/mol. The van der Waals surface area contributed by atoms with E-state index in [0.717, 1.165) is 0 Å². The molecule has 37 N–H and O–H groups in total. The fourth-order valence-electron chi connectivity index (χ4n) is 15.1. The van der Waals surface area contributed by atoms with Gasteiger partial charge < -0.3 is 269 Å². The molecule has 9 saturated heterocycles. The number of aliphatic hydroxyl groups excluding tert-OH is 30. The maximum atomic E-state index is 13.5. The van der Waals surface area contributed by atoms with Crippen molar-refractivity contribution in [3.8, 4) is 0 Å². The van der Waals surface area contributed by atoms with Gasteiger partial charge in [-0.05, 0) is 0 Å².